The third kappa shape index (κ3) is 15.1. The van der Waals surface area contributed by atoms with Crippen LogP contribution in [-0.2, 0) is 4.79 Å². The van der Waals surface area contributed by atoms with Crippen molar-refractivity contribution >= 4 is 5.78 Å². The van der Waals surface area contributed by atoms with Gasteiger partial charge in [-0.2, -0.15) is 0 Å². The third-order valence-corrected chi connectivity index (χ3v) is 14.1. The molecule has 4 fully saturated rings. The number of rotatable bonds is 22. The van der Waals surface area contributed by atoms with Crippen LogP contribution in [-0.4, -0.2) is 52.3 Å². The molecule has 0 radical (unpaired) electrons. The molecule has 0 amide bonds. The Labute approximate surface area is 401 Å². The van der Waals surface area contributed by atoms with E-state index in [1.165, 1.54) is 57.1 Å². The quantitative estimate of drug-likeness (QED) is 0.0681. The number of nitrogens with two attached hydrogens (primary N) is 1. The number of hydrogen-bond donors (Lipinski definition) is 4. The summed E-state index contributed by atoms with van der Waals surface area (Å²) in [6.07, 6.45) is 20.4. The van der Waals surface area contributed by atoms with Crippen LogP contribution >= 0.6 is 0 Å². The van der Waals surface area contributed by atoms with Gasteiger partial charge in [0.05, 0.1) is 24.4 Å². The second-order valence-electron chi connectivity index (χ2n) is 18.3. The molecule has 4 aliphatic rings. The molecule has 1 aliphatic heterocycles. The van der Waals surface area contributed by atoms with Gasteiger partial charge in [0, 0.05) is 40.9 Å². The summed E-state index contributed by atoms with van der Waals surface area (Å²) in [5, 5.41) is 11.0. The van der Waals surface area contributed by atoms with Crippen LogP contribution in [0.1, 0.15) is 172 Å². The van der Waals surface area contributed by atoms with Gasteiger partial charge in [-0.1, -0.05) is 156 Å². The van der Waals surface area contributed by atoms with E-state index < -0.39 is 6.04 Å². The van der Waals surface area contributed by atoms with Gasteiger partial charge in [0.15, 0.2) is 5.78 Å². The van der Waals surface area contributed by atoms with E-state index in [9.17, 15) is 4.79 Å². The van der Waals surface area contributed by atoms with Crippen molar-refractivity contribution in [2.75, 3.05) is 13.1 Å². The summed E-state index contributed by atoms with van der Waals surface area (Å²) in [5.41, 5.74) is 13.5. The predicted octanol–water partition coefficient (Wildman–Crippen LogP) is 14.1. The zero-order valence-corrected chi connectivity index (χ0v) is 43.9. The number of ketones is 1. The van der Waals surface area contributed by atoms with Crippen molar-refractivity contribution in [3.8, 4) is 0 Å². The van der Waals surface area contributed by atoms with Crippen molar-refractivity contribution in [3.63, 3.8) is 0 Å². The van der Waals surface area contributed by atoms with Gasteiger partial charge in [0.1, 0.15) is 6.04 Å². The van der Waals surface area contributed by atoms with Crippen LogP contribution in [0.4, 0.5) is 0 Å². The Morgan fingerprint density at radius 2 is 1.51 bits per heavy atom. The molecule has 3 saturated carbocycles. The third-order valence-electron chi connectivity index (χ3n) is 14.1. The number of hydrogen-bond acceptors (Lipinski definition) is 7. The highest BCUT2D eigenvalue weighted by atomic mass is 16.1. The second-order valence-corrected chi connectivity index (χ2v) is 18.3. The minimum Gasteiger partial charge on any atom is -0.386 e. The highest BCUT2D eigenvalue weighted by Gasteiger charge is 2.76. The first kappa shape index (κ1) is 58.6. The van der Waals surface area contributed by atoms with Gasteiger partial charge in [-0.25, -0.2) is 0 Å². The summed E-state index contributed by atoms with van der Waals surface area (Å²) in [5.74, 6) is 2.25. The molecular weight excluding hydrogens is 797 g/mol. The summed E-state index contributed by atoms with van der Waals surface area (Å²) >= 11 is 0. The van der Waals surface area contributed by atoms with Crippen molar-refractivity contribution in [3.05, 3.63) is 134 Å². The van der Waals surface area contributed by atoms with Gasteiger partial charge in [0.25, 0.3) is 0 Å². The van der Waals surface area contributed by atoms with E-state index in [1.54, 1.807) is 6.92 Å². The smallest absolute Gasteiger partial charge is 0.156 e. The van der Waals surface area contributed by atoms with Crippen molar-refractivity contribution in [1.82, 2.24) is 25.8 Å². The van der Waals surface area contributed by atoms with Crippen LogP contribution in [0.3, 0.4) is 0 Å². The summed E-state index contributed by atoms with van der Waals surface area (Å²) in [4.78, 5) is 17.9. The SMILES string of the molecule is C=C.C=C(C(=CC)NCC(=CCC)NC(C(C)=O)c1ccccc1)C(C)NC(=C)C1[C@@H](C(C)C)CCN1C(=C)C(C1CCCCC1)N(C(=C)N)C1(CC)CC12CC2.C=CCC.CC.CC. The maximum Gasteiger partial charge on any atom is 0.156 e. The maximum absolute atomic E-state index is 12.7. The standard InChI is InChI=1S/C48H74N6O.C4H8.2C2H6.C2H4/c1-12-21-41(52-44(37(10)55)39-22-17-15-18-23-39)30-50-43(13-2)33(6)34(7)51-35(8)45-42(32(4)5)26-29-53(45)36(9)46(40-24-19-16-20-25-40)54(38(11)49)48(14-3)31-47(48)27-28-47;1-3-4-2;3*1-2/h13,15,17-18,21-23,32,34,40,42,44-46,50-52H,6,8-9,11-12,14,16,19-20,24-31,49H2,1-5,7,10H3;3H,1,4H2,2H3;2*1-2H3;1-2H2/t34?,42-,44?,45?,46?,48?;;;;/m1..../s1. The first-order valence-electron chi connectivity index (χ1n) is 25.5. The number of nitrogens with one attached hydrogen (secondary N) is 3. The van der Waals surface area contributed by atoms with Crippen molar-refractivity contribution < 1.29 is 4.79 Å². The van der Waals surface area contributed by atoms with Crippen molar-refractivity contribution in [2.45, 2.75) is 190 Å². The molecular formula is C58H98N6O. The van der Waals surface area contributed by atoms with Gasteiger partial charge >= 0.3 is 0 Å². The second kappa shape index (κ2) is 29.3. The number of likely N-dealkylation sites (tertiary alicyclic amines) is 1. The van der Waals surface area contributed by atoms with Gasteiger partial charge < -0.3 is 31.5 Å². The topological polar surface area (TPSA) is 85.7 Å². The van der Waals surface area contributed by atoms with Crippen molar-refractivity contribution in [1.29, 1.82) is 0 Å². The molecule has 1 spiro atoms. The molecule has 7 heteroatoms. The average molecular weight is 895 g/mol. The number of carbonyl (C=O) groups excluding carboxylic acids is 1. The first-order chi connectivity index (χ1) is 31.2. The minimum atomic E-state index is -0.403. The first-order valence-corrected chi connectivity index (χ1v) is 25.5. The van der Waals surface area contributed by atoms with Crippen LogP contribution < -0.4 is 21.7 Å². The Kier molecular flexibility index (Phi) is 26.4. The zero-order chi connectivity index (χ0) is 49.5. The molecule has 1 saturated heterocycles. The molecule has 6 atom stereocenters. The van der Waals surface area contributed by atoms with E-state index >= 15 is 0 Å². The van der Waals surface area contributed by atoms with Crippen LogP contribution in [0.5, 0.6) is 0 Å². The lowest BCUT2D eigenvalue weighted by Gasteiger charge is -2.49. The van der Waals surface area contributed by atoms with E-state index in [1.807, 2.05) is 71.0 Å². The zero-order valence-electron chi connectivity index (χ0n) is 43.9. The number of nitrogens with zero attached hydrogens (tertiary/aromatic N) is 2. The van der Waals surface area contributed by atoms with Gasteiger partial charge in [0.2, 0.25) is 0 Å². The maximum atomic E-state index is 12.7. The molecule has 1 aromatic carbocycles. The van der Waals surface area contributed by atoms with E-state index in [2.05, 4.69) is 112 Å². The van der Waals surface area contributed by atoms with E-state index in [0.29, 0.717) is 29.7 Å². The molecule has 5 N–H and O–H groups in total. The van der Waals surface area contributed by atoms with Gasteiger partial charge in [-0.15, -0.1) is 19.7 Å². The lowest BCUT2D eigenvalue weighted by Crippen LogP contribution is -2.55. The van der Waals surface area contributed by atoms with Crippen LogP contribution in [0, 0.1) is 23.2 Å². The number of carbonyl (C=O) groups is 1. The Bertz CT molecular complexity index is 1700. The Balaban J connectivity index is 0.00000195. The van der Waals surface area contributed by atoms with Crippen molar-refractivity contribution in [2.24, 2.45) is 28.9 Å². The summed E-state index contributed by atoms with van der Waals surface area (Å²) in [6, 6.07) is 9.72. The molecule has 1 aromatic rings. The molecule has 7 nitrogen and oxygen atoms in total. The predicted molar refractivity (Wildman–Crippen MR) is 286 cm³/mol. The fraction of sp³-hybridized carbons (Fsp3) is 0.603. The average Bonchev–Trinajstić information content (AvgIpc) is 4.19. The highest BCUT2D eigenvalue weighted by molar-refractivity contribution is 5.83. The minimum absolute atomic E-state index is 0.0606. The number of allylic oxidation sites excluding steroid dienone is 3. The number of benzene rings is 1. The molecule has 65 heavy (non-hydrogen) atoms. The van der Waals surface area contributed by atoms with E-state index in [-0.39, 0.29) is 29.4 Å². The number of Topliss-reactive ketones (excluding diaryl/α,β-unsaturated/α-hetero) is 1. The molecule has 0 aromatic heterocycles. The van der Waals surface area contributed by atoms with Gasteiger partial charge in [-0.05, 0) is 113 Å². The molecule has 5 unspecified atom stereocenters. The van der Waals surface area contributed by atoms with Crippen LogP contribution in [0.25, 0.3) is 0 Å². The Hall–Kier alpha value is -4.39. The highest BCUT2D eigenvalue weighted by Crippen LogP contribution is 2.77. The lowest BCUT2D eigenvalue weighted by atomic mass is 9.80. The Morgan fingerprint density at radius 1 is 0.923 bits per heavy atom. The summed E-state index contributed by atoms with van der Waals surface area (Å²) in [7, 11) is 0. The van der Waals surface area contributed by atoms with Gasteiger partial charge in [-0.3, -0.25) is 4.79 Å². The largest absolute Gasteiger partial charge is 0.386 e. The molecule has 3 aliphatic carbocycles. The molecule has 5 rings (SSSR count). The fourth-order valence-electron chi connectivity index (χ4n) is 10.5. The van der Waals surface area contributed by atoms with Crippen LogP contribution in [0.2, 0.25) is 0 Å². The lowest BCUT2D eigenvalue weighted by molar-refractivity contribution is -0.118. The molecule has 1 heterocycles. The van der Waals surface area contributed by atoms with Crippen LogP contribution in [0.15, 0.2) is 129 Å². The summed E-state index contributed by atoms with van der Waals surface area (Å²) < 4.78 is 0. The van der Waals surface area contributed by atoms with E-state index in [4.69, 9.17) is 18.9 Å². The Morgan fingerprint density at radius 3 is 1.95 bits per heavy atom. The fourth-order valence-corrected chi connectivity index (χ4v) is 10.5. The molecule has 0 bridgehead atoms. The normalized spacial score (nSPS) is 22.0. The summed E-state index contributed by atoms with van der Waals surface area (Å²) in [6.45, 7) is 54.9. The monoisotopic (exact) mass is 895 g/mol. The molecule has 366 valence electrons. The van der Waals surface area contributed by atoms with E-state index in [0.717, 1.165) is 66.3 Å².